The Labute approximate surface area is 160 Å². The third-order valence-electron chi connectivity index (χ3n) is 4.37. The number of hydrogen-bond acceptors (Lipinski definition) is 4. The highest BCUT2D eigenvalue weighted by molar-refractivity contribution is 6.05. The molecule has 1 aliphatic heterocycles. The third kappa shape index (κ3) is 3.55. The molecule has 0 unspecified atom stereocenters. The number of anilines is 2. The Morgan fingerprint density at radius 3 is 2.82 bits per heavy atom. The largest absolute Gasteiger partial charge is 0.482 e. The van der Waals surface area contributed by atoms with Crippen molar-refractivity contribution in [2.75, 3.05) is 16.8 Å². The maximum Gasteiger partial charge on any atom is 0.265 e. The topological polar surface area (TPSA) is 71.5 Å². The summed E-state index contributed by atoms with van der Waals surface area (Å²) in [6, 6.07) is 14.6. The molecule has 0 fully saturated rings. The summed E-state index contributed by atoms with van der Waals surface area (Å²) in [6.45, 7) is -0.0509. The molecule has 0 radical (unpaired) electrons. The zero-order valence-electron chi connectivity index (χ0n) is 14.8. The quantitative estimate of drug-likeness (QED) is 0.757. The highest BCUT2D eigenvalue weighted by atomic mass is 19.1. The first-order valence-corrected chi connectivity index (χ1v) is 8.64. The summed E-state index contributed by atoms with van der Waals surface area (Å²) in [5.74, 6) is -0.497. The van der Waals surface area contributed by atoms with Crippen molar-refractivity contribution in [3.8, 4) is 5.75 Å². The van der Waals surface area contributed by atoms with Crippen molar-refractivity contribution in [3.05, 3.63) is 83.9 Å². The second-order valence-corrected chi connectivity index (χ2v) is 6.24. The van der Waals surface area contributed by atoms with Crippen LogP contribution in [-0.4, -0.2) is 23.4 Å². The van der Waals surface area contributed by atoms with E-state index < -0.39 is 0 Å². The lowest BCUT2D eigenvalue weighted by Gasteiger charge is -2.30. The van der Waals surface area contributed by atoms with Crippen molar-refractivity contribution in [1.82, 2.24) is 4.98 Å². The molecule has 28 heavy (non-hydrogen) atoms. The van der Waals surface area contributed by atoms with Crippen LogP contribution in [0.2, 0.25) is 0 Å². The molecule has 140 valence electrons. The summed E-state index contributed by atoms with van der Waals surface area (Å²) >= 11 is 0. The van der Waals surface area contributed by atoms with Crippen molar-refractivity contribution < 1.29 is 18.7 Å². The predicted octanol–water partition coefficient (Wildman–Crippen LogP) is 3.40. The Bertz CT molecular complexity index is 1040. The van der Waals surface area contributed by atoms with Gasteiger partial charge >= 0.3 is 0 Å². The number of nitrogens with zero attached hydrogens (tertiary/aromatic N) is 2. The molecule has 1 aromatic heterocycles. The number of benzene rings is 2. The van der Waals surface area contributed by atoms with Crippen LogP contribution in [0.4, 0.5) is 15.8 Å². The number of fused-ring (bicyclic) bond motifs is 1. The monoisotopic (exact) mass is 377 g/mol. The lowest BCUT2D eigenvalue weighted by Crippen LogP contribution is -2.38. The number of carbonyl (C=O) groups excluding carboxylic acids is 2. The Hall–Kier alpha value is -3.74. The lowest BCUT2D eigenvalue weighted by molar-refractivity contribution is -0.121. The van der Waals surface area contributed by atoms with Crippen LogP contribution in [-0.2, 0) is 11.3 Å². The fourth-order valence-corrected chi connectivity index (χ4v) is 2.95. The number of hydrogen-bond donors (Lipinski definition) is 1. The number of carbonyl (C=O) groups is 2. The Balaban J connectivity index is 1.62. The molecule has 0 atom stereocenters. The molecule has 2 aromatic carbocycles. The van der Waals surface area contributed by atoms with Gasteiger partial charge < -0.3 is 15.0 Å². The maximum absolute atomic E-state index is 14.1. The Morgan fingerprint density at radius 2 is 2.04 bits per heavy atom. The first-order valence-electron chi connectivity index (χ1n) is 8.64. The SMILES string of the molecule is O=C(Nc1ccc2c(c1)N(Cc1ccccc1F)C(=O)CO2)c1cccnc1. The zero-order chi connectivity index (χ0) is 19.5. The average Bonchev–Trinajstić information content (AvgIpc) is 2.72. The van der Waals surface area contributed by atoms with Crippen molar-refractivity contribution >= 4 is 23.2 Å². The van der Waals surface area contributed by atoms with E-state index in [1.54, 1.807) is 54.7 Å². The van der Waals surface area contributed by atoms with Gasteiger partial charge in [-0.1, -0.05) is 18.2 Å². The molecular formula is C21H16FN3O3. The number of halogens is 1. The number of pyridine rings is 1. The van der Waals surface area contributed by atoms with Crippen molar-refractivity contribution in [2.45, 2.75) is 6.54 Å². The van der Waals surface area contributed by atoms with Crippen molar-refractivity contribution in [3.63, 3.8) is 0 Å². The van der Waals surface area contributed by atoms with E-state index in [4.69, 9.17) is 4.74 Å². The van der Waals surface area contributed by atoms with Gasteiger partial charge in [-0.25, -0.2) is 4.39 Å². The predicted molar refractivity (Wildman–Crippen MR) is 102 cm³/mol. The van der Waals surface area contributed by atoms with Crippen LogP contribution in [0.25, 0.3) is 0 Å². The molecule has 2 amide bonds. The smallest absolute Gasteiger partial charge is 0.265 e. The minimum Gasteiger partial charge on any atom is -0.482 e. The molecular weight excluding hydrogens is 361 g/mol. The first kappa shape index (κ1) is 17.7. The molecule has 0 aliphatic carbocycles. The van der Waals surface area contributed by atoms with Crippen LogP contribution in [0.3, 0.4) is 0 Å². The second-order valence-electron chi connectivity index (χ2n) is 6.24. The average molecular weight is 377 g/mol. The molecule has 7 heteroatoms. The van der Waals surface area contributed by atoms with Gasteiger partial charge in [0.05, 0.1) is 17.8 Å². The zero-order valence-corrected chi connectivity index (χ0v) is 14.8. The minimum absolute atomic E-state index is 0.0713. The summed E-state index contributed by atoms with van der Waals surface area (Å²) in [5.41, 5.74) is 1.78. The van der Waals surface area contributed by atoms with Crippen LogP contribution in [0.15, 0.2) is 67.0 Å². The Kier molecular flexibility index (Phi) is 4.72. The second kappa shape index (κ2) is 7.48. The molecule has 0 bridgehead atoms. The molecule has 4 rings (SSSR count). The number of amides is 2. The summed E-state index contributed by atoms with van der Waals surface area (Å²) in [6.07, 6.45) is 3.05. The Morgan fingerprint density at radius 1 is 1.18 bits per heavy atom. The highest BCUT2D eigenvalue weighted by Crippen LogP contribution is 2.35. The standard InChI is InChI=1S/C21H16FN3O3/c22-17-6-2-1-4-15(17)12-25-18-10-16(7-8-19(18)28-13-20(25)26)24-21(27)14-5-3-9-23-11-14/h1-11H,12-13H2,(H,24,27). The summed E-state index contributed by atoms with van der Waals surface area (Å²) < 4.78 is 19.5. The molecule has 0 spiro atoms. The minimum atomic E-state index is -0.385. The summed E-state index contributed by atoms with van der Waals surface area (Å²) in [4.78, 5) is 30.1. The van der Waals surface area contributed by atoms with Gasteiger partial charge in [-0.3, -0.25) is 14.6 Å². The fraction of sp³-hybridized carbons (Fsp3) is 0.0952. The van der Waals surface area contributed by atoms with Crippen LogP contribution in [0.1, 0.15) is 15.9 Å². The van der Waals surface area contributed by atoms with Crippen molar-refractivity contribution in [2.24, 2.45) is 0 Å². The van der Waals surface area contributed by atoms with Gasteiger partial charge in [0, 0.05) is 23.6 Å². The van der Waals surface area contributed by atoms with E-state index in [-0.39, 0.29) is 30.8 Å². The molecule has 0 saturated carbocycles. The van der Waals surface area contributed by atoms with E-state index in [2.05, 4.69) is 10.3 Å². The number of rotatable bonds is 4. The first-order chi connectivity index (χ1) is 13.6. The van der Waals surface area contributed by atoms with Crippen LogP contribution >= 0.6 is 0 Å². The number of aromatic nitrogens is 1. The van der Waals surface area contributed by atoms with Gasteiger partial charge in [0.2, 0.25) is 0 Å². The van der Waals surface area contributed by atoms with Crippen molar-refractivity contribution in [1.29, 1.82) is 0 Å². The van der Waals surface area contributed by atoms with Crippen LogP contribution in [0.5, 0.6) is 5.75 Å². The molecule has 3 aromatic rings. The third-order valence-corrected chi connectivity index (χ3v) is 4.37. The van der Waals surface area contributed by atoms with Gasteiger partial charge in [0.15, 0.2) is 6.61 Å². The van der Waals surface area contributed by atoms with E-state index in [1.807, 2.05) is 0 Å². The van der Waals surface area contributed by atoms with E-state index in [0.29, 0.717) is 28.3 Å². The molecule has 1 N–H and O–H groups in total. The molecule has 6 nitrogen and oxygen atoms in total. The van der Waals surface area contributed by atoms with E-state index in [9.17, 15) is 14.0 Å². The highest BCUT2D eigenvalue weighted by Gasteiger charge is 2.27. The van der Waals surface area contributed by atoms with Crippen LogP contribution in [0, 0.1) is 5.82 Å². The number of ether oxygens (including phenoxy) is 1. The fourth-order valence-electron chi connectivity index (χ4n) is 2.95. The normalized spacial score (nSPS) is 12.9. The van der Waals surface area contributed by atoms with Gasteiger partial charge in [-0.05, 0) is 36.4 Å². The van der Waals surface area contributed by atoms with E-state index >= 15 is 0 Å². The summed E-state index contributed by atoms with van der Waals surface area (Å²) in [5, 5.41) is 2.77. The van der Waals surface area contributed by atoms with E-state index in [1.165, 1.54) is 17.2 Å². The lowest BCUT2D eigenvalue weighted by atomic mass is 10.1. The summed E-state index contributed by atoms with van der Waals surface area (Å²) in [7, 11) is 0. The number of nitrogens with one attached hydrogen (secondary N) is 1. The van der Waals surface area contributed by atoms with Gasteiger partial charge in [0.25, 0.3) is 11.8 Å². The molecule has 0 saturated heterocycles. The molecule has 2 heterocycles. The van der Waals surface area contributed by atoms with Gasteiger partial charge in [-0.15, -0.1) is 0 Å². The molecule has 1 aliphatic rings. The van der Waals surface area contributed by atoms with E-state index in [0.717, 1.165) is 0 Å². The van der Waals surface area contributed by atoms with Gasteiger partial charge in [-0.2, -0.15) is 0 Å². The van der Waals surface area contributed by atoms with Crippen LogP contribution < -0.4 is 15.0 Å². The maximum atomic E-state index is 14.1. The van der Waals surface area contributed by atoms with Gasteiger partial charge in [0.1, 0.15) is 11.6 Å².